The summed E-state index contributed by atoms with van der Waals surface area (Å²) in [5.41, 5.74) is 37.2. The summed E-state index contributed by atoms with van der Waals surface area (Å²) in [5.74, 6) is 0. The van der Waals surface area contributed by atoms with Gasteiger partial charge in [-0.15, -0.1) is 10.1 Å². The van der Waals surface area contributed by atoms with Gasteiger partial charge in [-0.25, -0.2) is 0 Å². The maximum atomic E-state index is 11.6. The van der Waals surface area contributed by atoms with Crippen molar-refractivity contribution in [2.24, 2.45) is 0 Å². The van der Waals surface area contributed by atoms with Gasteiger partial charge in [-0.3, -0.25) is 10.1 Å². The van der Waals surface area contributed by atoms with E-state index < -0.39 is 10.5 Å². The number of hydrogen-bond donors (Lipinski definition) is 2. The number of hydrogen-bond acceptors (Lipinski definition) is 5. The van der Waals surface area contributed by atoms with Gasteiger partial charge < -0.3 is 10.9 Å². The molecule has 18 rings (SSSR count). The van der Waals surface area contributed by atoms with Gasteiger partial charge in [-0.2, -0.15) is 0 Å². The summed E-state index contributed by atoms with van der Waals surface area (Å²) in [6.07, 6.45) is 0. The minimum atomic E-state index is -1.50. The van der Waals surface area contributed by atoms with Crippen LogP contribution in [-0.4, -0.2) is 15.2 Å². The number of rotatable bonds is 1. The van der Waals surface area contributed by atoms with Crippen LogP contribution in [0.25, 0.3) is 66.8 Å². The van der Waals surface area contributed by atoms with E-state index in [4.69, 9.17) is 21.1 Å². The molecule has 0 aliphatic heterocycles. The lowest BCUT2D eigenvalue weighted by atomic mass is 9.70. The van der Waals surface area contributed by atoms with Crippen molar-refractivity contribution in [2.45, 2.75) is 16.2 Å². The van der Waals surface area contributed by atoms with Crippen molar-refractivity contribution in [3.05, 3.63) is 366 Å². The third-order valence-electron chi connectivity index (χ3n) is 18.1. The molecule has 12 aromatic rings. The van der Waals surface area contributed by atoms with Crippen LogP contribution in [0.4, 0.5) is 11.4 Å². The van der Waals surface area contributed by atoms with Crippen LogP contribution in [0.3, 0.4) is 0 Å². The summed E-state index contributed by atoms with van der Waals surface area (Å²) in [5, 5.41) is 25.2. The maximum Gasteiger partial charge on any atom is 0.291 e. The molecular weight excluding hydrogens is 1020 g/mol. The Labute approximate surface area is 479 Å². The first-order valence-electron chi connectivity index (χ1n) is 27.7. The van der Waals surface area contributed by atoms with Crippen molar-refractivity contribution in [1.82, 2.24) is 0 Å². The van der Waals surface area contributed by atoms with Crippen LogP contribution in [-0.2, 0) is 16.2 Å². The van der Waals surface area contributed by atoms with E-state index >= 15 is 0 Å². The number of nitrogens with two attached hydrogens (primary N) is 1. The zero-order valence-corrected chi connectivity index (χ0v) is 44.6. The highest BCUT2D eigenvalue weighted by molar-refractivity contribution is 5.98. The average Bonchev–Trinajstić information content (AvgIpc) is 2.26. The summed E-state index contributed by atoms with van der Waals surface area (Å²) < 4.78 is 0. The molecule has 12 aromatic carbocycles. The highest BCUT2D eigenvalue weighted by Crippen LogP contribution is 2.66. The highest BCUT2D eigenvalue weighted by Gasteiger charge is 2.54. The number of anilines is 1. The summed E-state index contributed by atoms with van der Waals surface area (Å²) in [4.78, 5) is 19.6. The quantitative estimate of drug-likeness (QED) is 0.0956. The molecule has 0 radical (unpaired) electrons. The predicted molar refractivity (Wildman–Crippen MR) is 328 cm³/mol. The molecule has 394 valence electrons. The molecule has 6 aliphatic carbocycles. The second-order valence-electron chi connectivity index (χ2n) is 21.7. The van der Waals surface area contributed by atoms with Crippen molar-refractivity contribution in [3.8, 4) is 66.8 Å². The van der Waals surface area contributed by atoms with Gasteiger partial charge in [0.25, 0.3) is 10.8 Å². The molecule has 3 spiro atoms. The van der Waals surface area contributed by atoms with E-state index in [1.807, 2.05) is 18.2 Å². The second-order valence-corrected chi connectivity index (χ2v) is 21.7. The first-order valence-corrected chi connectivity index (χ1v) is 27.7. The number of nitrogen functional groups attached to an aromatic ring is 1. The van der Waals surface area contributed by atoms with E-state index in [2.05, 4.69) is 249 Å². The Morgan fingerprint density at radius 2 is 0.446 bits per heavy atom. The number of benzene rings is 12. The molecule has 0 saturated heterocycles. The molecule has 0 atom stereocenters. The van der Waals surface area contributed by atoms with Crippen molar-refractivity contribution >= 4 is 11.4 Å². The molecule has 0 saturated carbocycles. The molecule has 0 aromatic heterocycles. The Kier molecular flexibility index (Phi) is 11.0. The normalized spacial score (nSPS) is 14.1. The predicted octanol–water partition coefficient (Wildman–Crippen LogP) is 17.2. The van der Waals surface area contributed by atoms with E-state index in [1.165, 1.54) is 117 Å². The Balaban J connectivity index is 0.000000103. The summed E-state index contributed by atoms with van der Waals surface area (Å²) in [6.45, 7) is 0. The number of nitrogens with zero attached hydrogens (tertiary/aromatic N) is 2. The van der Waals surface area contributed by atoms with Crippen LogP contribution in [0.15, 0.2) is 279 Å². The second kappa shape index (κ2) is 18.6. The molecule has 0 bridgehead atoms. The van der Waals surface area contributed by atoms with E-state index in [9.17, 15) is 10.1 Å². The molecule has 8 heteroatoms. The van der Waals surface area contributed by atoms with Gasteiger partial charge in [0, 0.05) is 17.8 Å². The zero-order valence-electron chi connectivity index (χ0n) is 44.6. The smallest absolute Gasteiger partial charge is 0.291 e. The topological polar surface area (TPSA) is 133 Å². The lowest BCUT2D eigenvalue weighted by molar-refractivity contribution is -0.742. The molecule has 83 heavy (non-hydrogen) atoms. The van der Waals surface area contributed by atoms with E-state index in [1.54, 1.807) is 12.1 Å². The fraction of sp³-hybridized carbons (Fsp3) is 0.0400. The molecule has 6 aliphatic rings. The molecule has 0 heterocycles. The first kappa shape index (κ1) is 49.1. The van der Waals surface area contributed by atoms with Gasteiger partial charge >= 0.3 is 0 Å². The lowest BCUT2D eigenvalue weighted by Gasteiger charge is -2.30. The van der Waals surface area contributed by atoms with Gasteiger partial charge in [0.05, 0.1) is 21.2 Å². The van der Waals surface area contributed by atoms with Crippen LogP contribution in [0, 0.1) is 20.2 Å². The van der Waals surface area contributed by atoms with Gasteiger partial charge in [-0.05, 0) is 152 Å². The molecular formula is C75H49N3O5. The van der Waals surface area contributed by atoms with Crippen molar-refractivity contribution < 1.29 is 15.2 Å². The van der Waals surface area contributed by atoms with Crippen LogP contribution >= 0.6 is 0 Å². The van der Waals surface area contributed by atoms with Crippen LogP contribution in [0.5, 0.6) is 0 Å². The lowest BCUT2D eigenvalue weighted by Crippen LogP contribution is -2.25. The number of fused-ring (bicyclic) bond motifs is 30. The molecule has 0 unspecified atom stereocenters. The van der Waals surface area contributed by atoms with Crippen molar-refractivity contribution in [2.75, 3.05) is 5.73 Å². The van der Waals surface area contributed by atoms with Gasteiger partial charge in [0.1, 0.15) is 0 Å². The Bertz CT molecular complexity index is 4400. The number of nitro groups is 1. The standard InChI is InChI=1S/C25H15NO2.C25H17N.C25H16.HNO3/c27-26(28)16-13-14-20-19-9-3-6-12-23(19)25(24(20)15-16)21-10-4-1-7-17(21)18-8-2-5-11-22(18)25;26-16-13-14-20-19-9-3-6-12-23(19)25(24(20)15-16)21-10-4-1-7-17(21)18-8-2-5-11-22(18)25;1-5-13-21-17(9-1)18-10-2-6-14-22(18)25(21)23-15-7-3-11-19(23)20-12-4-8-16-24(20)25;2-1(3)4/h1-15H;1-15H,26H2;1-16H;(H,2,3,4). The maximum absolute atomic E-state index is 11.6. The molecule has 3 N–H and O–H groups in total. The highest BCUT2D eigenvalue weighted by atomic mass is 16.9. The minimum Gasteiger partial charge on any atom is -0.399 e. The van der Waals surface area contributed by atoms with Crippen LogP contribution in [0.1, 0.15) is 66.8 Å². The third-order valence-corrected chi connectivity index (χ3v) is 18.1. The molecule has 0 amide bonds. The van der Waals surface area contributed by atoms with Gasteiger partial charge in [0.15, 0.2) is 0 Å². The van der Waals surface area contributed by atoms with Crippen molar-refractivity contribution in [3.63, 3.8) is 0 Å². The van der Waals surface area contributed by atoms with Gasteiger partial charge in [0.2, 0.25) is 0 Å². The molecule has 0 fully saturated rings. The summed E-state index contributed by atoms with van der Waals surface area (Å²) in [7, 11) is 0. The van der Waals surface area contributed by atoms with Gasteiger partial charge in [-0.1, -0.05) is 249 Å². The van der Waals surface area contributed by atoms with Crippen LogP contribution in [0.2, 0.25) is 0 Å². The SMILES string of the molecule is Nc1ccc2c(c1)C1(c3ccccc3-c3ccccc31)c1ccccc1-2.O=[N+]([O-])O.O=[N+]([O-])c1ccc2c(c1)C1(c3ccccc3-c3ccccc31)c1ccccc1-2.c1ccc2c(c1)-c1ccccc1C21c2ccccc2-c2ccccc21. The fourth-order valence-electron chi connectivity index (χ4n) is 15.4. The number of nitro benzene ring substituents is 1. The monoisotopic (exact) mass is 1070 g/mol. The average molecular weight is 1070 g/mol. The minimum absolute atomic E-state index is 0.132. The fourth-order valence-corrected chi connectivity index (χ4v) is 15.4. The van der Waals surface area contributed by atoms with E-state index in [0.29, 0.717) is 0 Å². The summed E-state index contributed by atoms with van der Waals surface area (Å²) in [6, 6.07) is 99.0. The van der Waals surface area contributed by atoms with Crippen LogP contribution < -0.4 is 5.73 Å². The Morgan fingerprint density at radius 3 is 0.675 bits per heavy atom. The molecule has 8 nitrogen and oxygen atoms in total. The third kappa shape index (κ3) is 6.69. The Hall–Kier alpha value is -11.0. The largest absolute Gasteiger partial charge is 0.399 e. The number of non-ortho nitro benzene ring substituents is 1. The van der Waals surface area contributed by atoms with Crippen molar-refractivity contribution in [1.29, 1.82) is 0 Å². The Morgan fingerprint density at radius 1 is 0.265 bits per heavy atom. The summed E-state index contributed by atoms with van der Waals surface area (Å²) >= 11 is 0. The first-order chi connectivity index (χ1) is 40.7. The zero-order chi connectivity index (χ0) is 56.2. The van der Waals surface area contributed by atoms with E-state index in [0.717, 1.165) is 22.4 Å². The van der Waals surface area contributed by atoms with E-state index in [-0.39, 0.29) is 21.4 Å².